The van der Waals surface area contributed by atoms with Crippen LogP contribution >= 0.6 is 0 Å². The number of nitrogens with one attached hydrogen (secondary N) is 1. The van der Waals surface area contributed by atoms with E-state index in [9.17, 15) is 0 Å². The molecule has 2 heterocycles. The Hall–Kier alpha value is -2.62. The fraction of sp³-hybridized carbons (Fsp3) is 0. The Labute approximate surface area is 105 Å². The maximum absolute atomic E-state index is 4.21. The molecule has 1 N–H and O–H groups in total. The molecule has 18 heavy (non-hydrogen) atoms. The highest BCUT2D eigenvalue weighted by Gasteiger charge is 1.98. The first-order valence-corrected chi connectivity index (χ1v) is 5.69. The maximum atomic E-state index is 4.21. The topological polar surface area (TPSA) is 42.7 Å². The van der Waals surface area contributed by atoms with Gasteiger partial charge in [0.05, 0.1) is 17.6 Å². The van der Waals surface area contributed by atoms with Crippen LogP contribution in [0.2, 0.25) is 0 Å². The van der Waals surface area contributed by atoms with E-state index in [1.54, 1.807) is 18.6 Å². The van der Waals surface area contributed by atoms with E-state index in [1.165, 1.54) is 0 Å². The van der Waals surface area contributed by atoms with E-state index in [1.807, 2.05) is 53.3 Å². The SMILES string of the molecule is c1cncc(Nc2cccc(-n3cccn3)c2)c1. The van der Waals surface area contributed by atoms with Gasteiger partial charge in [-0.15, -0.1) is 0 Å². The third-order valence-corrected chi connectivity index (χ3v) is 2.57. The highest BCUT2D eigenvalue weighted by Crippen LogP contribution is 2.18. The summed E-state index contributed by atoms with van der Waals surface area (Å²) in [5.74, 6) is 0. The second-order valence-electron chi connectivity index (χ2n) is 3.87. The number of benzene rings is 1. The van der Waals surface area contributed by atoms with Crippen LogP contribution in [0.4, 0.5) is 11.4 Å². The lowest BCUT2D eigenvalue weighted by atomic mass is 10.2. The Morgan fingerprint density at radius 3 is 2.67 bits per heavy atom. The summed E-state index contributed by atoms with van der Waals surface area (Å²) in [5, 5.41) is 7.51. The summed E-state index contributed by atoms with van der Waals surface area (Å²) in [6, 6.07) is 13.9. The van der Waals surface area contributed by atoms with Crippen molar-refractivity contribution in [2.75, 3.05) is 5.32 Å². The Morgan fingerprint density at radius 1 is 0.944 bits per heavy atom. The quantitative estimate of drug-likeness (QED) is 0.760. The molecular weight excluding hydrogens is 224 g/mol. The second-order valence-corrected chi connectivity index (χ2v) is 3.87. The van der Waals surface area contributed by atoms with E-state index < -0.39 is 0 Å². The highest BCUT2D eigenvalue weighted by molar-refractivity contribution is 5.61. The van der Waals surface area contributed by atoms with E-state index in [2.05, 4.69) is 15.4 Å². The summed E-state index contributed by atoms with van der Waals surface area (Å²) >= 11 is 0. The molecule has 4 heteroatoms. The number of aromatic nitrogens is 3. The summed E-state index contributed by atoms with van der Waals surface area (Å²) in [6.45, 7) is 0. The Bertz CT molecular complexity index is 617. The minimum atomic E-state index is 0.968. The van der Waals surface area contributed by atoms with Gasteiger partial charge in [0, 0.05) is 24.3 Å². The molecule has 3 rings (SSSR count). The van der Waals surface area contributed by atoms with E-state index >= 15 is 0 Å². The minimum Gasteiger partial charge on any atom is -0.354 e. The summed E-state index contributed by atoms with van der Waals surface area (Å²) in [6.07, 6.45) is 7.23. The fourth-order valence-electron chi connectivity index (χ4n) is 1.75. The first kappa shape index (κ1) is 10.5. The molecule has 0 amide bonds. The molecule has 2 aromatic heterocycles. The Balaban J connectivity index is 1.88. The number of nitrogens with zero attached hydrogens (tertiary/aromatic N) is 3. The molecular formula is C14H12N4. The largest absolute Gasteiger partial charge is 0.354 e. The van der Waals surface area contributed by atoms with Crippen LogP contribution in [0.25, 0.3) is 5.69 Å². The molecule has 0 aliphatic carbocycles. The second kappa shape index (κ2) is 4.71. The molecule has 1 aromatic carbocycles. The van der Waals surface area contributed by atoms with Gasteiger partial charge in [-0.05, 0) is 36.4 Å². The molecule has 0 bridgehead atoms. The van der Waals surface area contributed by atoms with Gasteiger partial charge in [-0.1, -0.05) is 6.07 Å². The molecule has 0 radical (unpaired) electrons. The van der Waals surface area contributed by atoms with Gasteiger partial charge in [0.25, 0.3) is 0 Å². The third kappa shape index (κ3) is 2.22. The molecule has 0 unspecified atom stereocenters. The molecule has 0 fully saturated rings. The van der Waals surface area contributed by atoms with E-state index in [-0.39, 0.29) is 0 Å². The van der Waals surface area contributed by atoms with Gasteiger partial charge in [-0.2, -0.15) is 5.10 Å². The molecule has 3 aromatic rings. The summed E-state index contributed by atoms with van der Waals surface area (Å²) in [7, 11) is 0. The van der Waals surface area contributed by atoms with Crippen LogP contribution in [-0.4, -0.2) is 14.8 Å². The average Bonchev–Trinajstić information content (AvgIpc) is 2.94. The van der Waals surface area contributed by atoms with Crippen molar-refractivity contribution in [3.05, 3.63) is 67.3 Å². The van der Waals surface area contributed by atoms with Crippen LogP contribution in [0.1, 0.15) is 0 Å². The normalized spacial score (nSPS) is 10.2. The van der Waals surface area contributed by atoms with Crippen molar-refractivity contribution in [2.45, 2.75) is 0 Å². The van der Waals surface area contributed by atoms with E-state index in [0.717, 1.165) is 17.1 Å². The van der Waals surface area contributed by atoms with Crippen LogP contribution in [0.3, 0.4) is 0 Å². The summed E-state index contributed by atoms with van der Waals surface area (Å²) in [4.78, 5) is 4.07. The van der Waals surface area contributed by atoms with Crippen molar-refractivity contribution in [2.24, 2.45) is 0 Å². The van der Waals surface area contributed by atoms with Crippen molar-refractivity contribution in [3.8, 4) is 5.69 Å². The lowest BCUT2D eigenvalue weighted by Crippen LogP contribution is -1.96. The summed E-state index contributed by atoms with van der Waals surface area (Å²) in [5.41, 5.74) is 3.00. The van der Waals surface area contributed by atoms with Crippen LogP contribution in [0.15, 0.2) is 67.3 Å². The van der Waals surface area contributed by atoms with Gasteiger partial charge in [0.2, 0.25) is 0 Å². The predicted molar refractivity (Wildman–Crippen MR) is 71.1 cm³/mol. The Kier molecular flexibility index (Phi) is 2.75. The Morgan fingerprint density at radius 2 is 1.89 bits per heavy atom. The molecule has 0 aliphatic rings. The smallest absolute Gasteiger partial charge is 0.0666 e. The molecule has 0 aliphatic heterocycles. The van der Waals surface area contributed by atoms with Gasteiger partial charge in [0.1, 0.15) is 0 Å². The van der Waals surface area contributed by atoms with Crippen LogP contribution in [0, 0.1) is 0 Å². The standard InChI is InChI=1S/C14H12N4/c1-4-12(17-13-5-2-7-15-11-13)10-14(6-1)18-9-3-8-16-18/h1-11,17H. The maximum Gasteiger partial charge on any atom is 0.0666 e. The lowest BCUT2D eigenvalue weighted by Gasteiger charge is -2.08. The van der Waals surface area contributed by atoms with Crippen molar-refractivity contribution in [1.29, 1.82) is 0 Å². The zero-order valence-electron chi connectivity index (χ0n) is 9.69. The molecule has 0 spiro atoms. The molecule has 0 atom stereocenters. The number of hydrogen-bond acceptors (Lipinski definition) is 3. The van der Waals surface area contributed by atoms with Crippen molar-refractivity contribution >= 4 is 11.4 Å². The van der Waals surface area contributed by atoms with Gasteiger partial charge in [-0.25, -0.2) is 4.68 Å². The van der Waals surface area contributed by atoms with Crippen molar-refractivity contribution in [1.82, 2.24) is 14.8 Å². The lowest BCUT2D eigenvalue weighted by molar-refractivity contribution is 0.881. The third-order valence-electron chi connectivity index (χ3n) is 2.57. The minimum absolute atomic E-state index is 0.968. The predicted octanol–water partition coefficient (Wildman–Crippen LogP) is 3.01. The van der Waals surface area contributed by atoms with E-state index in [0.29, 0.717) is 0 Å². The summed E-state index contributed by atoms with van der Waals surface area (Å²) < 4.78 is 1.83. The van der Waals surface area contributed by atoms with Gasteiger partial charge in [0.15, 0.2) is 0 Å². The van der Waals surface area contributed by atoms with Gasteiger partial charge < -0.3 is 5.32 Å². The van der Waals surface area contributed by atoms with Crippen molar-refractivity contribution in [3.63, 3.8) is 0 Å². The van der Waals surface area contributed by atoms with Gasteiger partial charge >= 0.3 is 0 Å². The van der Waals surface area contributed by atoms with Gasteiger partial charge in [-0.3, -0.25) is 4.98 Å². The number of rotatable bonds is 3. The molecule has 88 valence electrons. The fourth-order valence-corrected chi connectivity index (χ4v) is 1.75. The van der Waals surface area contributed by atoms with Crippen LogP contribution in [-0.2, 0) is 0 Å². The zero-order chi connectivity index (χ0) is 12.2. The molecule has 0 saturated carbocycles. The van der Waals surface area contributed by atoms with Crippen molar-refractivity contribution < 1.29 is 0 Å². The number of anilines is 2. The van der Waals surface area contributed by atoms with E-state index in [4.69, 9.17) is 0 Å². The monoisotopic (exact) mass is 236 g/mol. The molecule has 0 saturated heterocycles. The first-order valence-electron chi connectivity index (χ1n) is 5.69. The molecule has 4 nitrogen and oxygen atoms in total. The highest BCUT2D eigenvalue weighted by atomic mass is 15.3. The number of hydrogen-bond donors (Lipinski definition) is 1. The number of pyridine rings is 1. The zero-order valence-corrected chi connectivity index (χ0v) is 9.69. The van der Waals surface area contributed by atoms with Crippen LogP contribution < -0.4 is 5.32 Å². The first-order chi connectivity index (χ1) is 8.92. The van der Waals surface area contributed by atoms with Crippen LogP contribution in [0.5, 0.6) is 0 Å². The average molecular weight is 236 g/mol.